The normalized spacial score (nSPS) is 16.0. The van der Waals surface area contributed by atoms with Crippen LogP contribution in [0, 0.1) is 0 Å². The van der Waals surface area contributed by atoms with Crippen molar-refractivity contribution in [2.75, 3.05) is 32.7 Å². The fourth-order valence-electron chi connectivity index (χ4n) is 3.70. The van der Waals surface area contributed by atoms with Crippen LogP contribution in [-0.4, -0.2) is 61.5 Å². The topological polar surface area (TPSA) is 91.0 Å². The summed E-state index contributed by atoms with van der Waals surface area (Å²) < 4.78 is 31.6. The zero-order chi connectivity index (χ0) is 21.7. The Kier molecular flexibility index (Phi) is 6.53. The first-order valence-electron chi connectivity index (χ1n) is 10.4. The molecule has 0 spiro atoms. The maximum atomic E-state index is 12.7. The molecule has 0 aliphatic carbocycles. The van der Waals surface area contributed by atoms with Crippen molar-refractivity contribution in [3.63, 3.8) is 0 Å². The summed E-state index contributed by atoms with van der Waals surface area (Å²) in [7, 11) is -3.42. The Morgan fingerprint density at radius 3 is 2.58 bits per heavy atom. The Morgan fingerprint density at radius 2 is 1.87 bits per heavy atom. The second kappa shape index (κ2) is 9.49. The molecule has 2 heterocycles. The van der Waals surface area contributed by atoms with Crippen molar-refractivity contribution in [2.24, 2.45) is 4.99 Å². The van der Waals surface area contributed by atoms with Crippen LogP contribution in [0.3, 0.4) is 0 Å². The van der Waals surface area contributed by atoms with Gasteiger partial charge < -0.3 is 14.7 Å². The Hall–Kier alpha value is -2.91. The summed E-state index contributed by atoms with van der Waals surface area (Å²) in [5, 5.41) is 9.46. The lowest BCUT2D eigenvalue weighted by Gasteiger charge is -2.35. The molecule has 0 saturated carbocycles. The second-order valence-corrected chi connectivity index (χ2v) is 9.45. The second-order valence-electron chi connectivity index (χ2n) is 7.48. The van der Waals surface area contributed by atoms with Gasteiger partial charge in [-0.05, 0) is 29.3 Å². The Bertz CT molecular complexity index is 1140. The van der Waals surface area contributed by atoms with E-state index in [1.165, 1.54) is 21.3 Å². The average Bonchev–Trinajstić information content (AvgIpc) is 3.29. The predicted molar refractivity (Wildman–Crippen MR) is 121 cm³/mol. The third-order valence-corrected chi connectivity index (χ3v) is 7.13. The van der Waals surface area contributed by atoms with E-state index in [-0.39, 0.29) is 5.75 Å². The summed E-state index contributed by atoms with van der Waals surface area (Å²) in [6.45, 7) is 5.35. The van der Waals surface area contributed by atoms with Gasteiger partial charge in [-0.2, -0.15) is 4.31 Å². The van der Waals surface area contributed by atoms with E-state index in [0.29, 0.717) is 38.4 Å². The molecule has 9 heteroatoms. The highest BCUT2D eigenvalue weighted by Crippen LogP contribution is 2.17. The minimum absolute atomic E-state index is 0.139. The van der Waals surface area contributed by atoms with E-state index in [1.54, 1.807) is 6.07 Å². The zero-order valence-electron chi connectivity index (χ0n) is 17.6. The summed E-state index contributed by atoms with van der Waals surface area (Å²) in [6.07, 6.45) is 1.39. The van der Waals surface area contributed by atoms with Crippen LogP contribution < -0.4 is 5.32 Å². The molecule has 1 saturated heterocycles. The van der Waals surface area contributed by atoms with Crippen LogP contribution in [0.15, 0.2) is 64.3 Å². The largest absolute Gasteiger partial charge is 0.364 e. The minimum atomic E-state index is -3.42. The molecule has 3 aromatic rings. The first-order chi connectivity index (χ1) is 15.0. The molecule has 1 aliphatic heterocycles. The van der Waals surface area contributed by atoms with Crippen LogP contribution >= 0.6 is 0 Å². The highest BCUT2D eigenvalue weighted by atomic mass is 32.2. The minimum Gasteiger partial charge on any atom is -0.364 e. The van der Waals surface area contributed by atoms with Gasteiger partial charge in [-0.1, -0.05) is 41.6 Å². The third kappa shape index (κ3) is 5.23. The molecular weight excluding hydrogens is 414 g/mol. The summed E-state index contributed by atoms with van der Waals surface area (Å²) in [6, 6.07) is 16.2. The van der Waals surface area contributed by atoms with E-state index in [2.05, 4.69) is 45.7 Å². The SMILES string of the molecule is CCNC(=NCc1ccc2ccccc2c1)N1CCN(S(=O)(=O)Cc2ccon2)CC1. The molecular formula is C22H27N5O3S. The van der Waals surface area contributed by atoms with Crippen molar-refractivity contribution in [1.82, 2.24) is 19.7 Å². The summed E-state index contributed by atoms with van der Waals surface area (Å²) in [5.41, 5.74) is 1.57. The van der Waals surface area contributed by atoms with Gasteiger partial charge in [0, 0.05) is 38.8 Å². The van der Waals surface area contributed by atoms with Crippen LogP contribution in [0.25, 0.3) is 10.8 Å². The van der Waals surface area contributed by atoms with Gasteiger partial charge in [0.05, 0.1) is 12.2 Å². The van der Waals surface area contributed by atoms with Crippen LogP contribution in [0.5, 0.6) is 0 Å². The van der Waals surface area contributed by atoms with Crippen LogP contribution in [0.1, 0.15) is 18.2 Å². The Balaban J connectivity index is 1.40. The molecule has 0 bridgehead atoms. The third-order valence-electron chi connectivity index (χ3n) is 5.31. The molecule has 2 aromatic carbocycles. The molecule has 31 heavy (non-hydrogen) atoms. The molecule has 0 atom stereocenters. The maximum absolute atomic E-state index is 12.7. The molecule has 164 valence electrons. The van der Waals surface area contributed by atoms with E-state index in [9.17, 15) is 8.42 Å². The van der Waals surface area contributed by atoms with Gasteiger partial charge >= 0.3 is 0 Å². The number of sulfonamides is 1. The number of hydrogen-bond acceptors (Lipinski definition) is 5. The fraction of sp³-hybridized carbons (Fsp3) is 0.364. The number of nitrogens with zero attached hydrogens (tertiary/aromatic N) is 4. The summed E-state index contributed by atoms with van der Waals surface area (Å²) in [4.78, 5) is 6.92. The molecule has 1 N–H and O–H groups in total. The Morgan fingerprint density at radius 1 is 1.10 bits per heavy atom. The van der Waals surface area contributed by atoms with Crippen molar-refractivity contribution in [3.8, 4) is 0 Å². The molecule has 0 radical (unpaired) electrons. The molecule has 8 nitrogen and oxygen atoms in total. The van der Waals surface area contributed by atoms with Crippen molar-refractivity contribution in [3.05, 3.63) is 66.1 Å². The molecule has 1 fully saturated rings. The zero-order valence-corrected chi connectivity index (χ0v) is 18.4. The highest BCUT2D eigenvalue weighted by molar-refractivity contribution is 7.88. The first kappa shape index (κ1) is 21.3. The van der Waals surface area contributed by atoms with Crippen LogP contribution in [-0.2, 0) is 22.3 Å². The number of benzene rings is 2. The van der Waals surface area contributed by atoms with Crippen molar-refractivity contribution in [1.29, 1.82) is 0 Å². The smallest absolute Gasteiger partial charge is 0.220 e. The number of guanidine groups is 1. The van der Waals surface area contributed by atoms with E-state index in [4.69, 9.17) is 9.52 Å². The standard InChI is InChI=1S/C22H27N5O3S/c1-2-23-22(24-16-18-7-8-19-5-3-4-6-20(19)15-18)26-10-12-27(13-11-26)31(28,29)17-21-9-14-30-25-21/h3-9,14-15H,2,10-13,16-17H2,1H3,(H,23,24). The molecule has 0 amide bonds. The van der Waals surface area contributed by atoms with Crippen LogP contribution in [0.4, 0.5) is 0 Å². The van der Waals surface area contributed by atoms with E-state index < -0.39 is 10.0 Å². The summed E-state index contributed by atoms with van der Waals surface area (Å²) in [5.74, 6) is 0.670. The summed E-state index contributed by atoms with van der Waals surface area (Å²) >= 11 is 0. The number of piperazine rings is 1. The fourth-order valence-corrected chi connectivity index (χ4v) is 5.12. The van der Waals surface area contributed by atoms with Gasteiger partial charge in [0.2, 0.25) is 10.0 Å². The first-order valence-corrected chi connectivity index (χ1v) is 12.0. The van der Waals surface area contributed by atoms with Crippen molar-refractivity contribution < 1.29 is 12.9 Å². The molecule has 4 rings (SSSR count). The van der Waals surface area contributed by atoms with Gasteiger partial charge in [-0.3, -0.25) is 0 Å². The quantitative estimate of drug-likeness (QED) is 0.467. The van der Waals surface area contributed by atoms with E-state index in [1.807, 2.05) is 19.1 Å². The van der Waals surface area contributed by atoms with Gasteiger partial charge in [-0.15, -0.1) is 0 Å². The number of aliphatic imine (C=N–C) groups is 1. The van der Waals surface area contributed by atoms with Gasteiger partial charge in [0.25, 0.3) is 0 Å². The Labute approximate surface area is 182 Å². The number of fused-ring (bicyclic) bond motifs is 1. The van der Waals surface area contributed by atoms with Crippen LogP contribution in [0.2, 0.25) is 0 Å². The predicted octanol–water partition coefficient (Wildman–Crippen LogP) is 2.44. The van der Waals surface area contributed by atoms with Crippen molar-refractivity contribution in [2.45, 2.75) is 19.2 Å². The monoisotopic (exact) mass is 441 g/mol. The molecule has 1 aliphatic rings. The van der Waals surface area contributed by atoms with E-state index >= 15 is 0 Å². The van der Waals surface area contributed by atoms with Crippen molar-refractivity contribution >= 4 is 26.8 Å². The lowest BCUT2D eigenvalue weighted by molar-refractivity contribution is 0.259. The average molecular weight is 442 g/mol. The lowest BCUT2D eigenvalue weighted by Crippen LogP contribution is -2.53. The maximum Gasteiger partial charge on any atom is 0.220 e. The van der Waals surface area contributed by atoms with Gasteiger partial charge in [-0.25, -0.2) is 13.4 Å². The van der Waals surface area contributed by atoms with E-state index in [0.717, 1.165) is 18.1 Å². The number of nitrogens with one attached hydrogen (secondary N) is 1. The number of hydrogen-bond donors (Lipinski definition) is 1. The molecule has 0 unspecified atom stereocenters. The molecule has 1 aromatic heterocycles. The number of aromatic nitrogens is 1. The number of rotatable bonds is 6. The lowest BCUT2D eigenvalue weighted by atomic mass is 10.1. The highest BCUT2D eigenvalue weighted by Gasteiger charge is 2.29. The van der Waals surface area contributed by atoms with Gasteiger partial charge in [0.1, 0.15) is 12.0 Å². The van der Waals surface area contributed by atoms with Gasteiger partial charge in [0.15, 0.2) is 5.96 Å².